The van der Waals surface area contributed by atoms with E-state index in [4.69, 9.17) is 5.11 Å². The van der Waals surface area contributed by atoms with Gasteiger partial charge in [-0.1, -0.05) is 27.7 Å². The van der Waals surface area contributed by atoms with E-state index in [9.17, 15) is 0 Å². The van der Waals surface area contributed by atoms with Crippen molar-refractivity contribution in [1.29, 1.82) is 0 Å². The number of quaternary nitrogens is 2. The molecule has 0 saturated heterocycles. The molecule has 0 heterocycles. The Kier molecular flexibility index (Phi) is 10.9. The van der Waals surface area contributed by atoms with Crippen LogP contribution < -0.4 is 34.0 Å². The highest BCUT2D eigenvalue weighted by Crippen LogP contribution is 2.48. The molecule has 5 heteroatoms. The Bertz CT molecular complexity index is 352. The molecule has 1 rings (SSSR count). The van der Waals surface area contributed by atoms with Crippen molar-refractivity contribution in [1.82, 2.24) is 0 Å². The minimum absolute atomic E-state index is 0. The molecule has 3 nitrogen and oxygen atoms in total. The van der Waals surface area contributed by atoms with E-state index >= 15 is 0 Å². The van der Waals surface area contributed by atoms with Crippen LogP contribution in [0.3, 0.4) is 0 Å². The Hall–Kier alpha value is 0.840. The van der Waals surface area contributed by atoms with E-state index in [1.54, 1.807) is 0 Å². The van der Waals surface area contributed by atoms with Crippen LogP contribution >= 0.6 is 0 Å². The lowest BCUT2D eigenvalue weighted by molar-refractivity contribution is -0.927. The SMILES string of the molecule is CC1(C)CC([N+](C)(C)CCC[N+](C)(C)CCO)CC(C)(C)C1.[Br-].[Br-]. The summed E-state index contributed by atoms with van der Waals surface area (Å²) >= 11 is 0. The maximum absolute atomic E-state index is 9.16. The maximum Gasteiger partial charge on any atom is 0.102 e. The lowest BCUT2D eigenvalue weighted by atomic mass is 9.63. The standard InChI is InChI=1S/C19H42N2O.2BrH/c1-18(2)14-17(15-19(3,4)16-18)21(7,8)11-9-10-20(5,6)12-13-22;;/h17,22H,9-16H2,1-8H3;2*1H/q+2;;/p-2. The van der Waals surface area contributed by atoms with Gasteiger partial charge in [0.1, 0.15) is 6.54 Å². The van der Waals surface area contributed by atoms with E-state index in [0.717, 1.165) is 28.1 Å². The second-order valence-corrected chi connectivity index (χ2v) is 10.5. The summed E-state index contributed by atoms with van der Waals surface area (Å²) in [5.74, 6) is 0. The summed E-state index contributed by atoms with van der Waals surface area (Å²) < 4.78 is 2.07. The Labute approximate surface area is 172 Å². The van der Waals surface area contributed by atoms with Crippen LogP contribution in [-0.2, 0) is 0 Å². The molecule has 24 heavy (non-hydrogen) atoms. The summed E-state index contributed by atoms with van der Waals surface area (Å²) in [6, 6.07) is 0.771. The van der Waals surface area contributed by atoms with E-state index in [-0.39, 0.29) is 40.6 Å². The molecule has 0 radical (unpaired) electrons. The number of aliphatic hydroxyl groups excluding tert-OH is 1. The van der Waals surface area contributed by atoms with E-state index in [0.29, 0.717) is 10.8 Å². The zero-order valence-corrected chi connectivity index (χ0v) is 20.5. The normalized spacial score (nSPS) is 20.9. The number of hydrogen-bond acceptors (Lipinski definition) is 1. The number of aliphatic hydroxyl groups is 1. The fraction of sp³-hybridized carbons (Fsp3) is 1.00. The van der Waals surface area contributed by atoms with E-state index in [1.807, 2.05) is 0 Å². The number of likely N-dealkylation sites (N-methyl/N-ethyl adjacent to an activating group) is 1. The minimum Gasteiger partial charge on any atom is -1.00 e. The van der Waals surface area contributed by atoms with Crippen molar-refractivity contribution in [3.05, 3.63) is 0 Å². The summed E-state index contributed by atoms with van der Waals surface area (Å²) in [5.41, 5.74) is 0.933. The summed E-state index contributed by atoms with van der Waals surface area (Å²) in [6.45, 7) is 13.3. The Morgan fingerprint density at radius 3 is 1.71 bits per heavy atom. The van der Waals surface area contributed by atoms with Crippen molar-refractivity contribution < 1.29 is 48.0 Å². The molecule has 0 aromatic heterocycles. The fourth-order valence-corrected chi connectivity index (χ4v) is 4.75. The molecule has 1 saturated carbocycles. The predicted molar refractivity (Wildman–Crippen MR) is 95.7 cm³/mol. The van der Waals surface area contributed by atoms with Crippen molar-refractivity contribution in [2.24, 2.45) is 10.8 Å². The van der Waals surface area contributed by atoms with Gasteiger partial charge >= 0.3 is 0 Å². The Morgan fingerprint density at radius 1 is 0.833 bits per heavy atom. The van der Waals surface area contributed by atoms with Crippen molar-refractivity contribution in [2.75, 3.05) is 54.4 Å². The van der Waals surface area contributed by atoms with Crippen molar-refractivity contribution >= 4 is 0 Å². The zero-order chi connectivity index (χ0) is 17.2. The number of nitrogens with zero attached hydrogens (tertiary/aromatic N) is 2. The monoisotopic (exact) mass is 472 g/mol. The summed E-state index contributed by atoms with van der Waals surface area (Å²) in [5, 5.41) is 9.16. The molecule has 0 unspecified atom stereocenters. The maximum atomic E-state index is 9.16. The van der Waals surface area contributed by atoms with Gasteiger partial charge in [-0.3, -0.25) is 0 Å². The topological polar surface area (TPSA) is 20.2 Å². The van der Waals surface area contributed by atoms with Gasteiger partial charge in [-0.15, -0.1) is 0 Å². The summed E-state index contributed by atoms with van der Waals surface area (Å²) in [7, 11) is 9.30. The van der Waals surface area contributed by atoms with Gasteiger partial charge in [-0.05, 0) is 17.3 Å². The highest BCUT2D eigenvalue weighted by Gasteiger charge is 2.44. The molecule has 0 aliphatic heterocycles. The second kappa shape index (κ2) is 9.68. The number of rotatable bonds is 7. The van der Waals surface area contributed by atoms with Crippen molar-refractivity contribution in [3.63, 3.8) is 0 Å². The van der Waals surface area contributed by atoms with Crippen LogP contribution in [0, 0.1) is 10.8 Å². The van der Waals surface area contributed by atoms with Crippen molar-refractivity contribution in [3.8, 4) is 0 Å². The number of hydrogen-bond donors (Lipinski definition) is 1. The highest BCUT2D eigenvalue weighted by molar-refractivity contribution is 4.89. The molecular weight excluding hydrogens is 432 g/mol. The Balaban J connectivity index is 0. The lowest BCUT2D eigenvalue weighted by Gasteiger charge is -2.50. The molecule has 0 amide bonds. The van der Waals surface area contributed by atoms with Gasteiger partial charge in [0.2, 0.25) is 0 Å². The van der Waals surface area contributed by atoms with Crippen LogP contribution in [0.4, 0.5) is 0 Å². The van der Waals surface area contributed by atoms with E-state index in [1.165, 1.54) is 32.2 Å². The molecule has 0 bridgehead atoms. The molecule has 0 spiro atoms. The highest BCUT2D eigenvalue weighted by atomic mass is 79.9. The van der Waals surface area contributed by atoms with Gasteiger partial charge < -0.3 is 48.0 Å². The quantitative estimate of drug-likeness (QED) is 0.394. The van der Waals surface area contributed by atoms with Crippen LogP contribution in [0.2, 0.25) is 0 Å². The van der Waals surface area contributed by atoms with Gasteiger partial charge in [0.05, 0.1) is 53.9 Å². The third kappa shape index (κ3) is 8.98. The third-order valence-electron chi connectivity index (χ3n) is 5.73. The van der Waals surface area contributed by atoms with Gasteiger partial charge in [0.15, 0.2) is 0 Å². The van der Waals surface area contributed by atoms with Crippen LogP contribution in [0.15, 0.2) is 0 Å². The van der Waals surface area contributed by atoms with E-state index < -0.39 is 0 Å². The van der Waals surface area contributed by atoms with Crippen molar-refractivity contribution in [2.45, 2.75) is 59.4 Å². The zero-order valence-electron chi connectivity index (χ0n) is 17.3. The minimum atomic E-state index is 0. The first kappa shape index (κ1) is 27.1. The summed E-state index contributed by atoms with van der Waals surface area (Å²) in [4.78, 5) is 0. The summed E-state index contributed by atoms with van der Waals surface area (Å²) in [6.07, 6.45) is 5.27. The molecule has 1 fully saturated rings. The predicted octanol–water partition coefficient (Wildman–Crippen LogP) is -2.87. The van der Waals surface area contributed by atoms with Crippen LogP contribution in [0.1, 0.15) is 53.4 Å². The van der Waals surface area contributed by atoms with Gasteiger partial charge in [-0.25, -0.2) is 0 Å². The lowest BCUT2D eigenvalue weighted by Crippen LogP contribution is -3.00. The molecule has 148 valence electrons. The van der Waals surface area contributed by atoms with Gasteiger partial charge in [0, 0.05) is 19.3 Å². The fourth-order valence-electron chi connectivity index (χ4n) is 4.75. The molecular formula is C19H42Br2N2O. The average molecular weight is 474 g/mol. The first-order valence-electron chi connectivity index (χ1n) is 9.04. The average Bonchev–Trinajstić information content (AvgIpc) is 2.23. The van der Waals surface area contributed by atoms with E-state index in [2.05, 4.69) is 55.9 Å². The molecule has 1 aliphatic carbocycles. The van der Waals surface area contributed by atoms with Gasteiger partial charge in [-0.2, -0.15) is 0 Å². The number of halogens is 2. The molecule has 1 N–H and O–H groups in total. The van der Waals surface area contributed by atoms with Crippen LogP contribution in [0.25, 0.3) is 0 Å². The molecule has 0 aromatic carbocycles. The second-order valence-electron chi connectivity index (χ2n) is 10.5. The van der Waals surface area contributed by atoms with Crippen LogP contribution in [0.5, 0.6) is 0 Å². The first-order valence-corrected chi connectivity index (χ1v) is 9.04. The van der Waals surface area contributed by atoms with Crippen LogP contribution in [-0.4, -0.2) is 74.5 Å². The van der Waals surface area contributed by atoms with Gasteiger partial charge in [0.25, 0.3) is 0 Å². The molecule has 0 atom stereocenters. The molecule has 0 aromatic rings. The Morgan fingerprint density at radius 2 is 1.29 bits per heavy atom. The third-order valence-corrected chi connectivity index (χ3v) is 5.73. The molecule has 1 aliphatic rings. The first-order chi connectivity index (χ1) is 9.79. The smallest absolute Gasteiger partial charge is 0.102 e. The largest absolute Gasteiger partial charge is 1.00 e.